The molecule has 2 N–H and O–H groups in total. The van der Waals surface area contributed by atoms with Crippen LogP contribution in [0, 0.1) is 0 Å². The summed E-state index contributed by atoms with van der Waals surface area (Å²) in [6.07, 6.45) is 0. The van der Waals surface area contributed by atoms with Gasteiger partial charge in [0.15, 0.2) is 0 Å². The third-order valence-electron chi connectivity index (χ3n) is 6.35. The predicted octanol–water partition coefficient (Wildman–Crippen LogP) is 2.93. The first-order valence-corrected chi connectivity index (χ1v) is 14.8. The number of benzene rings is 2. The molecule has 0 unspecified atom stereocenters. The van der Waals surface area contributed by atoms with E-state index in [2.05, 4.69) is 10.6 Å². The van der Waals surface area contributed by atoms with Gasteiger partial charge in [-0.25, -0.2) is 9.59 Å². The maximum atomic E-state index is 12.9. The van der Waals surface area contributed by atoms with E-state index in [1.807, 2.05) is 0 Å². The van der Waals surface area contributed by atoms with Gasteiger partial charge in [0.2, 0.25) is 0 Å². The minimum Gasteiger partial charge on any atom is -0.333 e. The van der Waals surface area contributed by atoms with E-state index in [0.29, 0.717) is 34.3 Å². The number of carbonyl (C=O) groups excluding carboxylic acids is 6. The first-order valence-electron chi connectivity index (χ1n) is 12.6. The van der Waals surface area contributed by atoms with Crippen molar-refractivity contribution >= 4 is 68.7 Å². The van der Waals surface area contributed by atoms with Gasteiger partial charge in [-0.05, 0) is 38.1 Å². The van der Waals surface area contributed by atoms with E-state index in [0.717, 1.165) is 9.80 Å². The molecule has 40 heavy (non-hydrogen) atoms. The number of carbonyl (C=O) groups is 6. The smallest absolute Gasteiger partial charge is 0.329 e. The minimum atomic E-state index is -0.869. The Bertz CT molecular complexity index is 1250. The Morgan fingerprint density at radius 2 is 1.00 bits per heavy atom. The average molecular weight is 585 g/mol. The lowest BCUT2D eigenvalue weighted by molar-refractivity contribution is -0.153. The third kappa shape index (κ3) is 6.23. The number of hydrogen-bond donors (Lipinski definition) is 2. The van der Waals surface area contributed by atoms with Gasteiger partial charge < -0.3 is 20.4 Å². The molecule has 2 aromatic rings. The Morgan fingerprint density at radius 1 is 0.625 bits per heavy atom. The molecule has 14 heteroatoms. The molecule has 4 rings (SSSR count). The number of rotatable bonds is 7. The second-order valence-corrected chi connectivity index (χ2v) is 10.9. The second kappa shape index (κ2) is 12.9. The van der Waals surface area contributed by atoms with Crippen LogP contribution in [0.15, 0.2) is 58.3 Å². The summed E-state index contributed by atoms with van der Waals surface area (Å²) in [6, 6.07) is 12.6. The Balaban J connectivity index is 1.42. The zero-order valence-electron chi connectivity index (χ0n) is 21.9. The highest BCUT2D eigenvalue weighted by molar-refractivity contribution is 8.76. The molecular weight excluding hydrogens is 556 g/mol. The molecule has 2 aliphatic rings. The molecule has 0 spiro atoms. The quantitative estimate of drug-likeness (QED) is 0.374. The van der Waals surface area contributed by atoms with E-state index in [9.17, 15) is 28.8 Å². The molecule has 0 radical (unpaired) electrons. The van der Waals surface area contributed by atoms with Gasteiger partial charge >= 0.3 is 35.7 Å². The molecule has 12 nitrogen and oxygen atoms in total. The summed E-state index contributed by atoms with van der Waals surface area (Å²) < 4.78 is 0. The van der Waals surface area contributed by atoms with Crippen LogP contribution in [0.4, 0.5) is 21.0 Å². The van der Waals surface area contributed by atoms with Gasteiger partial charge in [0.1, 0.15) is 0 Å². The average Bonchev–Trinajstić information content (AvgIpc) is 2.96. The van der Waals surface area contributed by atoms with Crippen LogP contribution in [0.2, 0.25) is 0 Å². The van der Waals surface area contributed by atoms with Crippen LogP contribution >= 0.6 is 21.6 Å². The molecule has 0 bridgehead atoms. The van der Waals surface area contributed by atoms with Crippen LogP contribution in [-0.4, -0.2) is 94.6 Å². The highest BCUT2D eigenvalue weighted by atomic mass is 33.1. The first-order chi connectivity index (χ1) is 19.2. The van der Waals surface area contributed by atoms with E-state index in [4.69, 9.17) is 0 Å². The van der Waals surface area contributed by atoms with Gasteiger partial charge in [-0.3, -0.25) is 29.0 Å². The van der Waals surface area contributed by atoms with Crippen LogP contribution in [0.1, 0.15) is 13.8 Å². The Labute approximate surface area is 238 Å². The fraction of sp³-hybridized carbons (Fsp3) is 0.308. The van der Waals surface area contributed by atoms with Crippen molar-refractivity contribution in [3.05, 3.63) is 48.5 Å². The highest BCUT2D eigenvalue weighted by Crippen LogP contribution is 2.43. The summed E-state index contributed by atoms with van der Waals surface area (Å²) in [7, 11) is 2.61. The van der Waals surface area contributed by atoms with Crippen LogP contribution in [-0.2, 0) is 19.2 Å². The van der Waals surface area contributed by atoms with Crippen molar-refractivity contribution in [3.63, 3.8) is 0 Å². The molecule has 2 heterocycles. The standard InChI is InChI=1S/C26H28N6O6S2/c1-3-29-13-15-31(23(35)21(29)33)25(37)27-17-9-5-7-11-19(17)39-40-20-12-8-6-10-18(20)28-26(38)32-16-14-30(4-2)22(34)24(32)36/h5-12H,3-4,13-16H2,1-2H3,(H,27,37)(H,28,38). The number of imide groups is 2. The summed E-state index contributed by atoms with van der Waals surface area (Å²) in [5, 5.41) is 5.44. The molecule has 0 aromatic heterocycles. The van der Waals surface area contributed by atoms with E-state index < -0.39 is 35.7 Å². The number of nitrogens with one attached hydrogen (secondary N) is 2. The number of anilines is 2. The van der Waals surface area contributed by atoms with Crippen LogP contribution in [0.5, 0.6) is 0 Å². The number of likely N-dealkylation sites (N-methyl/N-ethyl adjacent to an activating group) is 2. The third-order valence-corrected chi connectivity index (χ3v) is 8.83. The summed E-state index contributed by atoms with van der Waals surface area (Å²) in [4.78, 5) is 80.9. The van der Waals surface area contributed by atoms with Crippen LogP contribution in [0.3, 0.4) is 0 Å². The normalized spacial score (nSPS) is 15.9. The SMILES string of the molecule is CCN1CCN(C(=O)Nc2ccccc2SSc2ccccc2NC(=O)N2CCN(CC)C(=O)C2=O)C(=O)C1=O. The van der Waals surface area contributed by atoms with Gasteiger partial charge in [0.05, 0.1) is 11.4 Å². The Morgan fingerprint density at radius 3 is 1.38 bits per heavy atom. The van der Waals surface area contributed by atoms with E-state index in [-0.39, 0.29) is 26.2 Å². The van der Waals surface area contributed by atoms with Gasteiger partial charge in [-0.2, -0.15) is 0 Å². The fourth-order valence-electron chi connectivity index (χ4n) is 4.08. The highest BCUT2D eigenvalue weighted by Gasteiger charge is 2.36. The summed E-state index contributed by atoms with van der Waals surface area (Å²) >= 11 is 0. The molecule has 8 amide bonds. The van der Waals surface area contributed by atoms with Gasteiger partial charge in [-0.1, -0.05) is 45.9 Å². The summed E-state index contributed by atoms with van der Waals surface area (Å²) in [5.41, 5.74) is 0.894. The molecule has 0 saturated carbocycles. The monoisotopic (exact) mass is 584 g/mol. The molecule has 2 aliphatic heterocycles. The van der Waals surface area contributed by atoms with Crippen molar-refractivity contribution in [1.82, 2.24) is 19.6 Å². The number of urea groups is 2. The zero-order valence-corrected chi connectivity index (χ0v) is 23.5. The van der Waals surface area contributed by atoms with Crippen molar-refractivity contribution in [2.75, 3.05) is 49.9 Å². The first kappa shape index (κ1) is 29.0. The van der Waals surface area contributed by atoms with E-state index in [1.54, 1.807) is 62.4 Å². The van der Waals surface area contributed by atoms with Crippen molar-refractivity contribution < 1.29 is 28.8 Å². The zero-order chi connectivity index (χ0) is 28.8. The Kier molecular flexibility index (Phi) is 9.32. The lowest BCUT2D eigenvalue weighted by Gasteiger charge is -2.31. The van der Waals surface area contributed by atoms with Crippen LogP contribution < -0.4 is 10.6 Å². The van der Waals surface area contributed by atoms with Crippen molar-refractivity contribution in [2.24, 2.45) is 0 Å². The topological polar surface area (TPSA) is 139 Å². The second-order valence-electron chi connectivity index (χ2n) is 8.70. The van der Waals surface area contributed by atoms with Gasteiger partial charge in [-0.15, -0.1) is 0 Å². The fourth-order valence-corrected chi connectivity index (χ4v) is 6.36. The Hall–Kier alpha value is -4.04. The maximum absolute atomic E-state index is 12.9. The number of amides is 8. The molecule has 0 aliphatic carbocycles. The molecular formula is C26H28N6O6S2. The summed E-state index contributed by atoms with van der Waals surface area (Å²) in [5.74, 6) is -3.16. The van der Waals surface area contributed by atoms with Crippen molar-refractivity contribution in [2.45, 2.75) is 23.6 Å². The molecule has 210 valence electrons. The number of para-hydroxylation sites is 2. The maximum Gasteiger partial charge on any atom is 0.329 e. The largest absolute Gasteiger partial charge is 0.333 e. The van der Waals surface area contributed by atoms with Crippen molar-refractivity contribution in [1.29, 1.82) is 0 Å². The molecule has 2 aromatic carbocycles. The lowest BCUT2D eigenvalue weighted by Crippen LogP contribution is -2.56. The van der Waals surface area contributed by atoms with E-state index >= 15 is 0 Å². The van der Waals surface area contributed by atoms with E-state index in [1.165, 1.54) is 31.4 Å². The molecule has 2 saturated heterocycles. The van der Waals surface area contributed by atoms with Gasteiger partial charge in [0.25, 0.3) is 0 Å². The number of nitrogens with zero attached hydrogens (tertiary/aromatic N) is 4. The van der Waals surface area contributed by atoms with Gasteiger partial charge in [0, 0.05) is 49.1 Å². The molecule has 0 atom stereocenters. The molecule has 2 fully saturated rings. The van der Waals surface area contributed by atoms with Crippen molar-refractivity contribution in [3.8, 4) is 0 Å². The predicted molar refractivity (Wildman–Crippen MR) is 151 cm³/mol. The summed E-state index contributed by atoms with van der Waals surface area (Å²) in [6.45, 7) is 5.07. The number of hydrogen-bond acceptors (Lipinski definition) is 8. The van der Waals surface area contributed by atoms with Crippen LogP contribution in [0.25, 0.3) is 0 Å². The number of piperazine rings is 2. The minimum absolute atomic E-state index is 0.100. The lowest BCUT2D eigenvalue weighted by atomic mass is 10.3.